The molecule has 0 amide bonds. The Balaban J connectivity index is 1.62. The second-order valence-corrected chi connectivity index (χ2v) is 8.46. The Morgan fingerprint density at radius 3 is 2.44 bits per heavy atom. The van der Waals surface area contributed by atoms with Gasteiger partial charge in [-0.2, -0.15) is 0 Å². The molecular weight excluding hydrogens is 330 g/mol. The van der Waals surface area contributed by atoms with Gasteiger partial charge in [0.25, 0.3) is 0 Å². The molecule has 0 radical (unpaired) electrons. The molecule has 0 spiro atoms. The van der Waals surface area contributed by atoms with Crippen molar-refractivity contribution in [3.63, 3.8) is 0 Å². The van der Waals surface area contributed by atoms with E-state index in [-0.39, 0.29) is 0 Å². The van der Waals surface area contributed by atoms with Crippen molar-refractivity contribution in [1.82, 2.24) is 20.4 Å². The summed E-state index contributed by atoms with van der Waals surface area (Å²) in [6.07, 6.45) is 1.13. The molecule has 0 saturated carbocycles. The first-order valence-electron chi connectivity index (χ1n) is 9.44. The number of hydrogen-bond acceptors (Lipinski definition) is 4. The smallest absolute Gasteiger partial charge is 0.190 e. The summed E-state index contributed by atoms with van der Waals surface area (Å²) in [6, 6.07) is 4.34. The van der Waals surface area contributed by atoms with Gasteiger partial charge in [0.05, 0.1) is 0 Å². The number of hydrogen-bond donors (Lipinski definition) is 2. The zero-order valence-corrected chi connectivity index (χ0v) is 17.1. The van der Waals surface area contributed by atoms with Crippen molar-refractivity contribution in [2.75, 3.05) is 59.9 Å². The molecule has 25 heavy (non-hydrogen) atoms. The van der Waals surface area contributed by atoms with Crippen LogP contribution in [-0.2, 0) is 6.42 Å². The molecule has 1 aromatic heterocycles. The number of guanidine groups is 1. The molecule has 1 aliphatic rings. The van der Waals surface area contributed by atoms with Crippen LogP contribution in [0, 0.1) is 11.8 Å². The van der Waals surface area contributed by atoms with Gasteiger partial charge in [0, 0.05) is 57.7 Å². The highest BCUT2D eigenvalue weighted by molar-refractivity contribution is 7.09. The molecule has 2 N–H and O–H groups in total. The molecule has 2 rings (SSSR count). The largest absolute Gasteiger partial charge is 0.356 e. The van der Waals surface area contributed by atoms with E-state index in [1.54, 1.807) is 0 Å². The molecule has 142 valence electrons. The minimum Gasteiger partial charge on any atom is -0.356 e. The first-order valence-corrected chi connectivity index (χ1v) is 10.3. The summed E-state index contributed by atoms with van der Waals surface area (Å²) in [5, 5.41) is 9.11. The van der Waals surface area contributed by atoms with Crippen molar-refractivity contribution >= 4 is 17.3 Å². The Hall–Kier alpha value is -1.11. The van der Waals surface area contributed by atoms with Crippen LogP contribution in [0.4, 0.5) is 0 Å². The summed E-state index contributed by atoms with van der Waals surface area (Å²) in [7, 11) is 4.06. The molecule has 2 heterocycles. The van der Waals surface area contributed by atoms with Gasteiger partial charge in [0.1, 0.15) is 0 Å². The van der Waals surface area contributed by atoms with Crippen LogP contribution in [0.2, 0.25) is 0 Å². The quantitative estimate of drug-likeness (QED) is 0.546. The molecule has 6 heteroatoms. The maximum absolute atomic E-state index is 4.36. The molecule has 1 fully saturated rings. The third kappa shape index (κ3) is 7.75. The van der Waals surface area contributed by atoms with E-state index in [2.05, 4.69) is 63.8 Å². The molecule has 2 atom stereocenters. The lowest BCUT2D eigenvalue weighted by atomic mass is 10.1. The Morgan fingerprint density at radius 1 is 1.16 bits per heavy atom. The third-order valence-corrected chi connectivity index (χ3v) is 5.65. The number of piperazine rings is 1. The molecule has 1 saturated heterocycles. The van der Waals surface area contributed by atoms with Crippen molar-refractivity contribution in [2.24, 2.45) is 16.8 Å². The number of likely N-dealkylation sites (N-methyl/N-ethyl adjacent to an activating group) is 1. The second-order valence-electron chi connectivity index (χ2n) is 7.43. The SMILES string of the molecule is CN=C(NCC(C)Cc1cccs1)NCC(C)CN1CCN(C)CC1. The van der Waals surface area contributed by atoms with E-state index < -0.39 is 0 Å². The summed E-state index contributed by atoms with van der Waals surface area (Å²) in [5.74, 6) is 2.13. The fraction of sp³-hybridized carbons (Fsp3) is 0.737. The maximum atomic E-state index is 4.36. The third-order valence-electron chi connectivity index (χ3n) is 4.76. The van der Waals surface area contributed by atoms with Gasteiger partial charge in [-0.25, -0.2) is 0 Å². The number of nitrogens with zero attached hydrogens (tertiary/aromatic N) is 3. The molecule has 2 unspecified atom stereocenters. The van der Waals surface area contributed by atoms with E-state index >= 15 is 0 Å². The van der Waals surface area contributed by atoms with Crippen molar-refractivity contribution in [3.05, 3.63) is 22.4 Å². The van der Waals surface area contributed by atoms with E-state index in [9.17, 15) is 0 Å². The zero-order valence-electron chi connectivity index (χ0n) is 16.3. The first-order chi connectivity index (χ1) is 12.1. The topological polar surface area (TPSA) is 42.9 Å². The first kappa shape index (κ1) is 20.2. The van der Waals surface area contributed by atoms with E-state index in [0.717, 1.165) is 32.0 Å². The molecule has 5 nitrogen and oxygen atoms in total. The van der Waals surface area contributed by atoms with Gasteiger partial charge in [-0.3, -0.25) is 4.99 Å². The molecule has 0 aliphatic carbocycles. The normalized spacial score (nSPS) is 19.6. The van der Waals surface area contributed by atoms with Gasteiger partial charge < -0.3 is 20.4 Å². The zero-order chi connectivity index (χ0) is 18.1. The molecule has 0 bridgehead atoms. The maximum Gasteiger partial charge on any atom is 0.190 e. The van der Waals surface area contributed by atoms with Gasteiger partial charge in [-0.05, 0) is 36.8 Å². The summed E-state index contributed by atoms with van der Waals surface area (Å²) >= 11 is 1.84. The Labute approximate surface area is 157 Å². The predicted molar refractivity (Wildman–Crippen MR) is 110 cm³/mol. The fourth-order valence-electron chi connectivity index (χ4n) is 3.14. The lowest BCUT2D eigenvalue weighted by Gasteiger charge is -2.34. The number of nitrogens with one attached hydrogen (secondary N) is 2. The highest BCUT2D eigenvalue weighted by atomic mass is 32.1. The lowest BCUT2D eigenvalue weighted by Crippen LogP contribution is -2.47. The van der Waals surface area contributed by atoms with E-state index in [1.165, 1.54) is 31.1 Å². The van der Waals surface area contributed by atoms with Gasteiger partial charge in [0.2, 0.25) is 0 Å². The number of aliphatic imine (C=N–C) groups is 1. The fourth-order valence-corrected chi connectivity index (χ4v) is 4.01. The Morgan fingerprint density at radius 2 is 1.84 bits per heavy atom. The van der Waals surface area contributed by atoms with Gasteiger partial charge in [0.15, 0.2) is 5.96 Å². The average Bonchev–Trinajstić information content (AvgIpc) is 3.10. The van der Waals surface area contributed by atoms with Crippen LogP contribution in [-0.4, -0.2) is 75.7 Å². The van der Waals surface area contributed by atoms with Crippen LogP contribution in [0.1, 0.15) is 18.7 Å². The second kappa shape index (κ2) is 10.8. The Bertz CT molecular complexity index is 494. The minimum absolute atomic E-state index is 0.597. The highest BCUT2D eigenvalue weighted by Gasteiger charge is 2.16. The van der Waals surface area contributed by atoms with E-state index in [1.807, 2.05) is 18.4 Å². The van der Waals surface area contributed by atoms with E-state index in [0.29, 0.717) is 11.8 Å². The summed E-state index contributed by atoms with van der Waals surface area (Å²) in [6.45, 7) is 12.4. The van der Waals surface area contributed by atoms with Crippen LogP contribution >= 0.6 is 11.3 Å². The van der Waals surface area contributed by atoms with Crippen LogP contribution in [0.3, 0.4) is 0 Å². The van der Waals surface area contributed by atoms with Crippen LogP contribution < -0.4 is 10.6 Å². The molecule has 1 aromatic rings. The summed E-state index contributed by atoms with van der Waals surface area (Å²) < 4.78 is 0. The lowest BCUT2D eigenvalue weighted by molar-refractivity contribution is 0.139. The minimum atomic E-state index is 0.597. The highest BCUT2D eigenvalue weighted by Crippen LogP contribution is 2.13. The van der Waals surface area contributed by atoms with Crippen molar-refractivity contribution in [2.45, 2.75) is 20.3 Å². The summed E-state index contributed by atoms with van der Waals surface area (Å²) in [5.41, 5.74) is 0. The van der Waals surface area contributed by atoms with E-state index in [4.69, 9.17) is 0 Å². The standard InChI is InChI=1S/C19H35N5S/c1-16(12-18-6-5-11-25-18)13-21-19(20-3)22-14-17(2)15-24-9-7-23(4)8-10-24/h5-6,11,16-17H,7-10,12-15H2,1-4H3,(H2,20,21,22). The van der Waals surface area contributed by atoms with Crippen LogP contribution in [0.5, 0.6) is 0 Å². The molecule has 0 aromatic carbocycles. The predicted octanol–water partition coefficient (Wildman–Crippen LogP) is 1.98. The van der Waals surface area contributed by atoms with Gasteiger partial charge >= 0.3 is 0 Å². The average molecular weight is 366 g/mol. The monoisotopic (exact) mass is 365 g/mol. The van der Waals surface area contributed by atoms with Crippen molar-refractivity contribution in [1.29, 1.82) is 0 Å². The Kier molecular flexibility index (Phi) is 8.72. The molecular formula is C19H35N5S. The van der Waals surface area contributed by atoms with Gasteiger partial charge in [-0.15, -0.1) is 11.3 Å². The number of thiophene rings is 1. The summed E-state index contributed by atoms with van der Waals surface area (Å²) in [4.78, 5) is 10.8. The van der Waals surface area contributed by atoms with Crippen LogP contribution in [0.15, 0.2) is 22.5 Å². The van der Waals surface area contributed by atoms with Crippen molar-refractivity contribution in [3.8, 4) is 0 Å². The molecule has 1 aliphatic heterocycles. The van der Waals surface area contributed by atoms with Crippen molar-refractivity contribution < 1.29 is 0 Å². The number of rotatable bonds is 8. The van der Waals surface area contributed by atoms with Gasteiger partial charge in [-0.1, -0.05) is 19.9 Å². The van der Waals surface area contributed by atoms with Crippen LogP contribution in [0.25, 0.3) is 0 Å².